The predicted octanol–water partition coefficient (Wildman–Crippen LogP) is 13.4. The highest BCUT2D eigenvalue weighted by Crippen LogP contribution is 2.59. The molecule has 8 aromatic carbocycles. The maximum atomic E-state index is 6.54. The summed E-state index contributed by atoms with van der Waals surface area (Å²) in [6.45, 7) is 0. The maximum absolute atomic E-state index is 6.54. The van der Waals surface area contributed by atoms with E-state index < -0.39 is 5.41 Å². The van der Waals surface area contributed by atoms with Crippen molar-refractivity contribution in [1.82, 2.24) is 9.97 Å². The molecule has 1 aliphatic carbocycles. The van der Waals surface area contributed by atoms with Gasteiger partial charge in [-0.05, 0) is 68.8 Å². The zero-order valence-electron chi connectivity index (χ0n) is 30.4. The lowest BCUT2D eigenvalue weighted by Gasteiger charge is -2.34. The summed E-state index contributed by atoms with van der Waals surface area (Å²) < 4.78 is 6.54. The molecule has 0 atom stereocenters. The number of hydrogen-bond donors (Lipinski definition) is 0. The molecule has 262 valence electrons. The number of benzene rings is 8. The minimum Gasteiger partial charge on any atom is -0.455 e. The molecule has 3 heteroatoms. The smallest absolute Gasteiger partial charge is 0.160 e. The van der Waals surface area contributed by atoms with Crippen LogP contribution in [0.1, 0.15) is 22.3 Å². The van der Waals surface area contributed by atoms with Gasteiger partial charge in [-0.2, -0.15) is 0 Å². The third-order valence-electron chi connectivity index (χ3n) is 11.4. The Morgan fingerprint density at radius 1 is 0.375 bits per heavy atom. The van der Waals surface area contributed by atoms with Crippen molar-refractivity contribution in [1.29, 1.82) is 0 Å². The lowest BCUT2D eigenvalue weighted by atomic mass is 9.67. The highest BCUT2D eigenvalue weighted by molar-refractivity contribution is 6.09. The van der Waals surface area contributed by atoms with Crippen LogP contribution in [0.3, 0.4) is 0 Å². The molecule has 0 aliphatic heterocycles. The highest BCUT2D eigenvalue weighted by Gasteiger charge is 2.47. The molecule has 0 amide bonds. The number of nitrogens with zero attached hydrogens (tertiary/aromatic N) is 2. The van der Waals surface area contributed by atoms with Gasteiger partial charge in [-0.25, -0.2) is 9.97 Å². The summed E-state index contributed by atoms with van der Waals surface area (Å²) in [5.41, 5.74) is 15.5. The van der Waals surface area contributed by atoms with Gasteiger partial charge >= 0.3 is 0 Å². The van der Waals surface area contributed by atoms with Crippen LogP contribution in [-0.4, -0.2) is 9.97 Å². The second-order valence-electron chi connectivity index (χ2n) is 14.4. The van der Waals surface area contributed by atoms with Crippen molar-refractivity contribution in [3.05, 3.63) is 229 Å². The Balaban J connectivity index is 1.20. The fourth-order valence-corrected chi connectivity index (χ4v) is 8.95. The molecule has 0 saturated heterocycles. The largest absolute Gasteiger partial charge is 0.455 e. The van der Waals surface area contributed by atoms with E-state index in [-0.39, 0.29) is 0 Å². The van der Waals surface area contributed by atoms with Crippen LogP contribution in [0.5, 0.6) is 0 Å². The molecule has 2 aromatic heterocycles. The number of hydrogen-bond acceptors (Lipinski definition) is 3. The summed E-state index contributed by atoms with van der Waals surface area (Å²) in [5.74, 6) is 0.666. The van der Waals surface area contributed by atoms with Crippen LogP contribution >= 0.6 is 0 Å². The summed E-state index contributed by atoms with van der Waals surface area (Å²) in [7, 11) is 0. The fourth-order valence-electron chi connectivity index (χ4n) is 8.95. The first kappa shape index (κ1) is 32.1. The monoisotopic (exact) mass is 714 g/mol. The molecule has 0 fully saturated rings. The van der Waals surface area contributed by atoms with Crippen LogP contribution in [0, 0.1) is 0 Å². The topological polar surface area (TPSA) is 38.9 Å². The van der Waals surface area contributed by atoms with Crippen molar-refractivity contribution in [2.75, 3.05) is 0 Å². The predicted molar refractivity (Wildman–Crippen MR) is 228 cm³/mol. The molecule has 0 unspecified atom stereocenters. The fraction of sp³-hybridized carbons (Fsp3) is 0.0189. The van der Waals surface area contributed by atoms with Crippen LogP contribution in [0.25, 0.3) is 78.1 Å². The van der Waals surface area contributed by atoms with Crippen molar-refractivity contribution in [2.24, 2.45) is 0 Å². The van der Waals surface area contributed by atoms with Crippen molar-refractivity contribution in [2.45, 2.75) is 5.41 Å². The first-order valence-corrected chi connectivity index (χ1v) is 19.1. The molecule has 2 heterocycles. The third-order valence-corrected chi connectivity index (χ3v) is 11.4. The molecule has 1 aliphatic rings. The van der Waals surface area contributed by atoms with Gasteiger partial charge in [0.1, 0.15) is 11.2 Å². The summed E-state index contributed by atoms with van der Waals surface area (Å²) >= 11 is 0. The lowest BCUT2D eigenvalue weighted by molar-refractivity contribution is 0.670. The number of aromatic nitrogens is 2. The van der Waals surface area contributed by atoms with E-state index in [0.717, 1.165) is 50.0 Å². The van der Waals surface area contributed by atoms with Crippen molar-refractivity contribution in [3.63, 3.8) is 0 Å². The molecule has 0 bridgehead atoms. The summed E-state index contributed by atoms with van der Waals surface area (Å²) in [4.78, 5) is 10.5. The zero-order valence-corrected chi connectivity index (χ0v) is 30.4. The average Bonchev–Trinajstić information content (AvgIpc) is 3.81. The Morgan fingerprint density at radius 3 is 1.70 bits per heavy atom. The molecular formula is C53H34N2O. The average molecular weight is 715 g/mol. The SMILES string of the molecule is c1ccc(-c2nc(-c3ccc4c(c3)C(c3ccccc3)(c3ccccc3)c3cccc(-c5ccccc5)c3-4)cc(-c3cccc4c3oc3ccccc34)n2)cc1. The van der Waals surface area contributed by atoms with Crippen LogP contribution in [0.2, 0.25) is 0 Å². The Labute approximate surface area is 325 Å². The van der Waals surface area contributed by atoms with Crippen molar-refractivity contribution >= 4 is 21.9 Å². The van der Waals surface area contributed by atoms with E-state index in [1.54, 1.807) is 0 Å². The van der Waals surface area contributed by atoms with E-state index >= 15 is 0 Å². The minimum absolute atomic E-state index is 0.577. The summed E-state index contributed by atoms with van der Waals surface area (Å²) in [6.07, 6.45) is 0. The van der Waals surface area contributed by atoms with Crippen molar-refractivity contribution in [3.8, 4) is 56.2 Å². The molecule has 0 spiro atoms. The normalized spacial score (nSPS) is 12.8. The van der Waals surface area contributed by atoms with E-state index in [1.165, 1.54) is 44.5 Å². The molecule has 10 aromatic rings. The summed E-state index contributed by atoms with van der Waals surface area (Å²) in [6, 6.07) is 73.3. The van der Waals surface area contributed by atoms with Gasteiger partial charge in [0.25, 0.3) is 0 Å². The maximum Gasteiger partial charge on any atom is 0.160 e. The van der Waals surface area contributed by atoms with Gasteiger partial charge in [-0.1, -0.05) is 182 Å². The number of furan rings is 1. The third kappa shape index (κ3) is 4.91. The summed E-state index contributed by atoms with van der Waals surface area (Å²) in [5, 5.41) is 2.16. The first-order chi connectivity index (χ1) is 27.8. The first-order valence-electron chi connectivity index (χ1n) is 19.1. The van der Waals surface area contributed by atoms with Gasteiger partial charge in [0.05, 0.1) is 16.8 Å². The minimum atomic E-state index is -0.577. The van der Waals surface area contributed by atoms with Crippen LogP contribution < -0.4 is 0 Å². The quantitative estimate of drug-likeness (QED) is 0.172. The van der Waals surface area contributed by atoms with E-state index in [0.29, 0.717) is 5.82 Å². The Morgan fingerprint density at radius 2 is 0.964 bits per heavy atom. The lowest BCUT2D eigenvalue weighted by Crippen LogP contribution is -2.28. The van der Waals surface area contributed by atoms with Crippen LogP contribution in [0.4, 0.5) is 0 Å². The van der Waals surface area contributed by atoms with Gasteiger partial charge in [0.15, 0.2) is 5.82 Å². The van der Waals surface area contributed by atoms with E-state index in [4.69, 9.17) is 14.4 Å². The molecular weight excluding hydrogens is 681 g/mol. The number of para-hydroxylation sites is 2. The molecule has 0 radical (unpaired) electrons. The second-order valence-corrected chi connectivity index (χ2v) is 14.4. The Bertz CT molecular complexity index is 3020. The van der Waals surface area contributed by atoms with Gasteiger partial charge in [-0.3, -0.25) is 0 Å². The standard InChI is InChI=1S/C53H34N2O/c1-5-17-35(18-6-1)40-26-16-29-45-50(40)43-32-31-37(33-46(43)53(45,38-21-9-3-10-22-38)39-23-11-4-12-24-39)47-34-48(55-52(54-47)36-19-7-2-8-20-36)44-28-15-27-42-41-25-13-14-30-49(41)56-51(42)44/h1-34H. The number of rotatable bonds is 6. The number of fused-ring (bicyclic) bond motifs is 6. The van der Waals surface area contributed by atoms with Crippen LogP contribution in [0.15, 0.2) is 211 Å². The second kappa shape index (κ2) is 12.9. The Kier molecular flexibility index (Phi) is 7.39. The van der Waals surface area contributed by atoms with Gasteiger partial charge in [0.2, 0.25) is 0 Å². The Hall–Kier alpha value is -7.36. The zero-order chi connectivity index (χ0) is 37.1. The van der Waals surface area contributed by atoms with E-state index in [9.17, 15) is 0 Å². The van der Waals surface area contributed by atoms with Gasteiger partial charge < -0.3 is 4.42 Å². The highest BCUT2D eigenvalue weighted by atomic mass is 16.3. The van der Waals surface area contributed by atoms with Crippen molar-refractivity contribution < 1.29 is 4.42 Å². The molecule has 0 N–H and O–H groups in total. The van der Waals surface area contributed by atoms with E-state index in [1.807, 2.05) is 30.3 Å². The molecule has 0 saturated carbocycles. The molecule has 11 rings (SSSR count). The van der Waals surface area contributed by atoms with Gasteiger partial charge in [-0.15, -0.1) is 0 Å². The van der Waals surface area contributed by atoms with Crippen LogP contribution in [-0.2, 0) is 5.41 Å². The van der Waals surface area contributed by atoms with Gasteiger partial charge in [0, 0.05) is 27.5 Å². The van der Waals surface area contributed by atoms with E-state index in [2.05, 4.69) is 176 Å². The molecule has 3 nitrogen and oxygen atoms in total. The molecule has 56 heavy (non-hydrogen) atoms.